The van der Waals surface area contributed by atoms with Gasteiger partial charge in [-0.1, -0.05) is 182 Å². The Hall–Kier alpha value is -8.63. The lowest BCUT2D eigenvalue weighted by Gasteiger charge is -2.42. The maximum atomic E-state index is 2.51. The largest absolute Gasteiger partial charge is 0.309 e. The number of hydrogen-bond donors (Lipinski definition) is 0. The molecule has 13 rings (SSSR count). The Balaban J connectivity index is 1.06. The number of benzene rings is 11. The molecule has 2 aromatic heterocycles. The first kappa shape index (κ1) is 40.6. The summed E-state index contributed by atoms with van der Waals surface area (Å²) in [6, 6.07) is 103. The van der Waals surface area contributed by atoms with E-state index in [2.05, 4.69) is 288 Å². The molecule has 0 aliphatic rings. The van der Waals surface area contributed by atoms with E-state index in [0.717, 1.165) is 16.9 Å². The second-order valence-electron chi connectivity index (χ2n) is 17.7. The van der Waals surface area contributed by atoms with Gasteiger partial charge in [-0.15, -0.1) is 10.0 Å². The van der Waals surface area contributed by atoms with Gasteiger partial charge in [0.1, 0.15) is 0 Å². The van der Waals surface area contributed by atoms with Crippen molar-refractivity contribution in [1.29, 1.82) is 0 Å². The maximum Gasteiger partial charge on any atom is 0.0552 e. The Morgan fingerprint density at radius 3 is 1.36 bits per heavy atom. The van der Waals surface area contributed by atoms with Crippen molar-refractivity contribution in [3.05, 3.63) is 279 Å². The molecular formula is C66H46N2S. The van der Waals surface area contributed by atoms with Crippen LogP contribution in [0.25, 0.3) is 88.4 Å². The summed E-state index contributed by atoms with van der Waals surface area (Å²) in [5.41, 5.74) is 14.1. The van der Waals surface area contributed by atoms with Gasteiger partial charge in [0, 0.05) is 52.5 Å². The molecule has 3 heteroatoms. The van der Waals surface area contributed by atoms with Crippen LogP contribution in [-0.4, -0.2) is 9.13 Å². The van der Waals surface area contributed by atoms with E-state index in [0.29, 0.717) is 0 Å². The van der Waals surface area contributed by atoms with Gasteiger partial charge in [-0.3, -0.25) is 0 Å². The summed E-state index contributed by atoms with van der Waals surface area (Å²) in [5, 5.41) is 4.91. The molecule has 11 aromatic carbocycles. The van der Waals surface area contributed by atoms with Crippen molar-refractivity contribution in [2.75, 3.05) is 0 Å². The quantitative estimate of drug-likeness (QED) is 0.137. The number of aromatic nitrogens is 2. The Morgan fingerprint density at radius 2 is 0.696 bits per heavy atom. The third-order valence-electron chi connectivity index (χ3n) is 13.8. The van der Waals surface area contributed by atoms with Crippen molar-refractivity contribution < 1.29 is 0 Å². The lowest BCUT2D eigenvalue weighted by atomic mass is 9.99. The van der Waals surface area contributed by atoms with Gasteiger partial charge in [0.25, 0.3) is 0 Å². The van der Waals surface area contributed by atoms with Crippen LogP contribution in [0, 0.1) is 0 Å². The van der Waals surface area contributed by atoms with Crippen LogP contribution in [0.3, 0.4) is 0 Å². The summed E-state index contributed by atoms with van der Waals surface area (Å²) in [6.45, 7) is 0. The molecule has 0 spiro atoms. The molecule has 69 heavy (non-hydrogen) atoms. The van der Waals surface area contributed by atoms with Gasteiger partial charge in [-0.25, -0.2) is 0 Å². The van der Waals surface area contributed by atoms with E-state index in [-0.39, 0.29) is 0 Å². The van der Waals surface area contributed by atoms with Crippen molar-refractivity contribution in [3.63, 3.8) is 0 Å². The predicted octanol–water partition coefficient (Wildman–Crippen LogP) is 18.2. The van der Waals surface area contributed by atoms with Crippen molar-refractivity contribution in [1.82, 2.24) is 9.13 Å². The number of fused-ring (bicyclic) bond motifs is 6. The van der Waals surface area contributed by atoms with E-state index < -0.39 is 10.0 Å². The molecule has 0 radical (unpaired) electrons. The minimum Gasteiger partial charge on any atom is -0.309 e. The fraction of sp³-hybridized carbons (Fsp3) is 0. The SMILES string of the molecule is c1ccc(-c2cccc(-c3cccc(-n4c5ccc(-n6c7ccccc7c7ccc(S(c8ccccc8)(c8ccccc8)c8ccccc8)cc76)cc5c5c(-c6ccccc6)cccc54)c3)c2)cc1. The average Bonchev–Trinajstić information content (AvgIpc) is 3.95. The Labute approximate surface area is 404 Å². The zero-order valence-corrected chi connectivity index (χ0v) is 38.7. The number of nitrogens with zero attached hydrogens (tertiary/aromatic N) is 2. The Kier molecular flexibility index (Phi) is 9.96. The molecule has 13 aromatic rings. The number of rotatable bonds is 9. The fourth-order valence-corrected chi connectivity index (χ4v) is 14.7. The van der Waals surface area contributed by atoms with Gasteiger partial charge >= 0.3 is 0 Å². The van der Waals surface area contributed by atoms with E-state index in [1.54, 1.807) is 0 Å². The van der Waals surface area contributed by atoms with Gasteiger partial charge in [0.2, 0.25) is 0 Å². The van der Waals surface area contributed by atoms with Gasteiger partial charge in [0.15, 0.2) is 0 Å². The first-order chi connectivity index (χ1) is 34.2. The summed E-state index contributed by atoms with van der Waals surface area (Å²) in [4.78, 5) is 5.21. The van der Waals surface area contributed by atoms with Crippen molar-refractivity contribution in [2.24, 2.45) is 0 Å². The number of hydrogen-bond acceptors (Lipinski definition) is 0. The molecule has 2 nitrogen and oxygen atoms in total. The second-order valence-corrected chi connectivity index (χ2v) is 20.8. The molecule has 0 fully saturated rings. The fourth-order valence-electron chi connectivity index (χ4n) is 10.8. The minimum absolute atomic E-state index is 1.12. The van der Waals surface area contributed by atoms with Crippen LogP contribution in [0.1, 0.15) is 0 Å². The lowest BCUT2D eigenvalue weighted by molar-refractivity contribution is 1.16. The molecule has 2 heterocycles. The summed E-state index contributed by atoms with van der Waals surface area (Å²) < 4.78 is 4.97. The molecule has 0 saturated carbocycles. The van der Waals surface area contributed by atoms with E-state index in [1.165, 1.54) is 91.1 Å². The topological polar surface area (TPSA) is 9.86 Å². The maximum absolute atomic E-state index is 2.51. The molecule has 0 aliphatic heterocycles. The zero-order valence-electron chi connectivity index (χ0n) is 37.9. The molecule has 0 atom stereocenters. The monoisotopic (exact) mass is 898 g/mol. The van der Waals surface area contributed by atoms with Crippen molar-refractivity contribution in [2.45, 2.75) is 19.6 Å². The highest BCUT2D eigenvalue weighted by Gasteiger charge is 2.34. The highest BCUT2D eigenvalue weighted by atomic mass is 32.3. The Bertz CT molecular complexity index is 3890. The van der Waals surface area contributed by atoms with E-state index in [4.69, 9.17) is 0 Å². The van der Waals surface area contributed by atoms with Crippen LogP contribution in [0.2, 0.25) is 0 Å². The normalized spacial score (nSPS) is 12.0. The van der Waals surface area contributed by atoms with Crippen molar-refractivity contribution in [3.8, 4) is 44.8 Å². The van der Waals surface area contributed by atoms with Gasteiger partial charge in [0.05, 0.1) is 22.1 Å². The molecule has 326 valence electrons. The molecule has 0 bridgehead atoms. The highest BCUT2D eigenvalue weighted by molar-refractivity contribution is 8.34. The standard InChI is InChI=1S/C66H46N2S/c1-6-21-47(22-7-1)49-25-18-26-50(43-49)51-27-19-28-52(44-51)67-63-42-39-53(45-61(63)66-58(36-20-38-64(66)67)48-23-8-2-9-24-48)68-62-37-17-16-35-59(62)60-41-40-57(46-65(60)68)69(54-29-10-3-11-30-54,55-31-12-4-13-32-55)56-33-14-5-15-34-56/h1-46H. The van der Waals surface area contributed by atoms with Gasteiger partial charge < -0.3 is 9.13 Å². The highest BCUT2D eigenvalue weighted by Crippen LogP contribution is 2.73. The molecule has 0 saturated heterocycles. The molecule has 0 aliphatic carbocycles. The summed E-state index contributed by atoms with van der Waals surface area (Å²) in [6.07, 6.45) is 0. The van der Waals surface area contributed by atoms with Crippen LogP contribution in [-0.2, 0) is 0 Å². The van der Waals surface area contributed by atoms with Crippen molar-refractivity contribution >= 4 is 53.6 Å². The van der Waals surface area contributed by atoms with Crippen LogP contribution in [0.15, 0.2) is 299 Å². The molecular weight excluding hydrogens is 853 g/mol. The van der Waals surface area contributed by atoms with Crippen LogP contribution in [0.5, 0.6) is 0 Å². The average molecular weight is 899 g/mol. The molecule has 0 amide bonds. The molecule has 0 N–H and O–H groups in total. The summed E-state index contributed by atoms with van der Waals surface area (Å²) in [5.74, 6) is 0. The van der Waals surface area contributed by atoms with Gasteiger partial charge in [-0.05, 0) is 130 Å². The lowest BCUT2D eigenvalue weighted by Crippen LogP contribution is -2.05. The van der Waals surface area contributed by atoms with E-state index in [1.807, 2.05) is 0 Å². The third-order valence-corrected chi connectivity index (χ3v) is 17.7. The summed E-state index contributed by atoms with van der Waals surface area (Å²) in [7, 11) is -1.92. The number of para-hydroxylation sites is 1. The second kappa shape index (κ2) is 16.9. The Morgan fingerprint density at radius 1 is 0.232 bits per heavy atom. The third kappa shape index (κ3) is 6.73. The van der Waals surface area contributed by atoms with Crippen LogP contribution >= 0.6 is 10.0 Å². The van der Waals surface area contributed by atoms with Crippen LogP contribution < -0.4 is 0 Å². The molecule has 0 unspecified atom stereocenters. The zero-order chi connectivity index (χ0) is 45.7. The van der Waals surface area contributed by atoms with E-state index in [9.17, 15) is 0 Å². The first-order valence-electron chi connectivity index (χ1n) is 23.7. The summed E-state index contributed by atoms with van der Waals surface area (Å²) >= 11 is 0. The predicted molar refractivity (Wildman–Crippen MR) is 291 cm³/mol. The smallest absolute Gasteiger partial charge is 0.0552 e. The minimum atomic E-state index is -1.92. The van der Waals surface area contributed by atoms with E-state index >= 15 is 0 Å². The first-order valence-corrected chi connectivity index (χ1v) is 25.3. The van der Waals surface area contributed by atoms with Gasteiger partial charge in [-0.2, -0.15) is 0 Å². The van der Waals surface area contributed by atoms with Crippen LogP contribution in [0.4, 0.5) is 0 Å².